The monoisotopic (exact) mass is 348 g/mol. The smallest absolute Gasteiger partial charge is 0.210 e. The highest BCUT2D eigenvalue weighted by Crippen LogP contribution is 2.36. The lowest BCUT2D eigenvalue weighted by molar-refractivity contribution is -0.119. The van der Waals surface area contributed by atoms with Crippen LogP contribution < -0.4 is 5.73 Å². The molecule has 0 bridgehead atoms. The maximum Gasteiger partial charge on any atom is 0.210 e. The molecule has 2 aromatic rings. The van der Waals surface area contributed by atoms with Crippen LogP contribution in [0.1, 0.15) is 23.6 Å². The van der Waals surface area contributed by atoms with Gasteiger partial charge in [0.2, 0.25) is 6.41 Å². The first-order chi connectivity index (χ1) is 11.5. The minimum Gasteiger partial charge on any atom is -0.398 e. The molecule has 1 heterocycles. The first-order valence-electron chi connectivity index (χ1n) is 7.41. The number of benzene rings is 2. The summed E-state index contributed by atoms with van der Waals surface area (Å²) in [6, 6.07) is 7.85. The van der Waals surface area contributed by atoms with Crippen molar-refractivity contribution in [1.29, 1.82) is 0 Å². The molecule has 0 saturated carbocycles. The Labute approximate surface area is 143 Å². The molecule has 0 aliphatic carbocycles. The summed E-state index contributed by atoms with van der Waals surface area (Å²) in [6.45, 7) is 0.421. The summed E-state index contributed by atoms with van der Waals surface area (Å²) in [4.78, 5) is 12.8. The zero-order valence-electron chi connectivity index (χ0n) is 12.7. The van der Waals surface area contributed by atoms with E-state index in [0.717, 1.165) is 17.2 Å². The third-order valence-electron chi connectivity index (χ3n) is 4.08. The number of nitrogens with zero attached hydrogens (tertiary/aromatic N) is 1. The van der Waals surface area contributed by atoms with Crippen LogP contribution in [0.3, 0.4) is 0 Å². The van der Waals surface area contributed by atoms with Gasteiger partial charge >= 0.3 is 0 Å². The molecule has 1 amide bonds. The number of rotatable bonds is 3. The number of hydrogen-bond acceptors (Lipinski definition) is 2. The van der Waals surface area contributed by atoms with Crippen LogP contribution in [0.25, 0.3) is 5.57 Å². The van der Waals surface area contributed by atoms with E-state index in [9.17, 15) is 13.6 Å². The van der Waals surface area contributed by atoms with Gasteiger partial charge in [0.15, 0.2) is 0 Å². The van der Waals surface area contributed by atoms with Crippen molar-refractivity contribution < 1.29 is 13.6 Å². The Balaban J connectivity index is 2.08. The Morgan fingerprint density at radius 1 is 1.17 bits per heavy atom. The van der Waals surface area contributed by atoms with E-state index in [1.165, 1.54) is 17.0 Å². The van der Waals surface area contributed by atoms with E-state index in [1.54, 1.807) is 24.3 Å². The first kappa shape index (κ1) is 16.5. The zero-order valence-corrected chi connectivity index (χ0v) is 13.4. The van der Waals surface area contributed by atoms with Gasteiger partial charge in [-0.3, -0.25) is 4.79 Å². The summed E-state index contributed by atoms with van der Waals surface area (Å²) < 4.78 is 27.1. The van der Waals surface area contributed by atoms with Crippen molar-refractivity contribution in [3.63, 3.8) is 0 Å². The number of amides is 1. The van der Waals surface area contributed by atoms with Crippen LogP contribution in [0.4, 0.5) is 14.5 Å². The lowest BCUT2D eigenvalue weighted by atomic mass is 9.92. The molecule has 1 unspecified atom stereocenters. The number of halogens is 3. The van der Waals surface area contributed by atoms with E-state index in [-0.39, 0.29) is 0 Å². The molecule has 2 N–H and O–H groups in total. The largest absolute Gasteiger partial charge is 0.398 e. The van der Waals surface area contributed by atoms with Crippen molar-refractivity contribution in [1.82, 2.24) is 4.90 Å². The molecular weight excluding hydrogens is 334 g/mol. The second kappa shape index (κ2) is 6.61. The summed E-state index contributed by atoms with van der Waals surface area (Å²) in [6.07, 6.45) is 3.06. The lowest BCUT2D eigenvalue weighted by Gasteiger charge is -2.32. The Bertz CT molecular complexity index is 802. The van der Waals surface area contributed by atoms with Gasteiger partial charge in [0.05, 0.1) is 6.04 Å². The first-order valence-corrected chi connectivity index (χ1v) is 7.79. The molecule has 1 aliphatic rings. The van der Waals surface area contributed by atoms with E-state index < -0.39 is 17.7 Å². The fourth-order valence-corrected chi connectivity index (χ4v) is 3.11. The number of hydrogen-bond donors (Lipinski definition) is 1. The average Bonchev–Trinajstić information content (AvgIpc) is 2.55. The van der Waals surface area contributed by atoms with Gasteiger partial charge in [-0.05, 0) is 47.9 Å². The molecule has 1 aliphatic heterocycles. The van der Waals surface area contributed by atoms with E-state index in [4.69, 9.17) is 17.3 Å². The molecule has 0 spiro atoms. The zero-order chi connectivity index (χ0) is 17.3. The molecule has 24 heavy (non-hydrogen) atoms. The van der Waals surface area contributed by atoms with Gasteiger partial charge in [-0.1, -0.05) is 17.7 Å². The van der Waals surface area contributed by atoms with Crippen molar-refractivity contribution in [3.8, 4) is 0 Å². The third-order valence-corrected chi connectivity index (χ3v) is 4.31. The lowest BCUT2D eigenvalue weighted by Crippen LogP contribution is -2.31. The molecular formula is C18H15ClF2N2O. The van der Waals surface area contributed by atoms with E-state index in [1.807, 2.05) is 0 Å². The Morgan fingerprint density at radius 2 is 1.88 bits per heavy atom. The van der Waals surface area contributed by atoms with Crippen molar-refractivity contribution in [2.24, 2.45) is 0 Å². The molecule has 0 saturated heterocycles. The molecule has 6 heteroatoms. The summed E-state index contributed by atoms with van der Waals surface area (Å²) in [5.74, 6) is -1.36. The molecule has 0 fully saturated rings. The Morgan fingerprint density at radius 3 is 2.54 bits per heavy atom. The van der Waals surface area contributed by atoms with Crippen molar-refractivity contribution in [2.45, 2.75) is 12.5 Å². The SMILES string of the molecule is Nc1ccc(Cl)cc1C1=CC(c2cc(F)cc(F)c2)N(C=O)CC1. The predicted octanol–water partition coefficient (Wildman–Crippen LogP) is 4.19. The van der Waals surface area contributed by atoms with Crippen molar-refractivity contribution in [2.75, 3.05) is 12.3 Å². The van der Waals surface area contributed by atoms with Crippen LogP contribution in [0, 0.1) is 11.6 Å². The van der Waals surface area contributed by atoms with Crippen LogP contribution in [0.5, 0.6) is 0 Å². The number of nitrogen functional groups attached to an aromatic ring is 1. The Kier molecular flexibility index (Phi) is 4.53. The minimum absolute atomic E-state index is 0.373. The van der Waals surface area contributed by atoms with Crippen LogP contribution in [0.15, 0.2) is 42.5 Å². The molecule has 3 rings (SSSR count). The topological polar surface area (TPSA) is 46.3 Å². The van der Waals surface area contributed by atoms with E-state index >= 15 is 0 Å². The predicted molar refractivity (Wildman–Crippen MR) is 90.3 cm³/mol. The molecule has 1 atom stereocenters. The quantitative estimate of drug-likeness (QED) is 0.668. The standard InChI is InChI=1S/C18H15ClF2N2O/c19-13-1-2-17(22)16(8-13)11-3-4-23(10-24)18(7-11)12-5-14(20)9-15(21)6-12/h1-2,5-10,18H,3-4,22H2. The summed E-state index contributed by atoms with van der Waals surface area (Å²) >= 11 is 6.04. The van der Waals surface area contributed by atoms with Crippen molar-refractivity contribution >= 4 is 29.3 Å². The maximum atomic E-state index is 13.5. The van der Waals surface area contributed by atoms with Gasteiger partial charge in [-0.15, -0.1) is 0 Å². The maximum absolute atomic E-state index is 13.5. The number of carbonyl (C=O) groups is 1. The normalized spacial score (nSPS) is 17.5. The van der Waals surface area contributed by atoms with Crippen LogP contribution in [-0.4, -0.2) is 17.9 Å². The van der Waals surface area contributed by atoms with Gasteiger partial charge in [-0.2, -0.15) is 0 Å². The van der Waals surface area contributed by atoms with Gasteiger partial charge in [0.25, 0.3) is 0 Å². The average molecular weight is 349 g/mol. The third kappa shape index (κ3) is 3.26. The molecule has 3 nitrogen and oxygen atoms in total. The molecule has 0 aromatic heterocycles. The van der Waals surface area contributed by atoms with Crippen molar-refractivity contribution in [3.05, 3.63) is 70.3 Å². The second-order valence-corrected chi connectivity index (χ2v) is 6.10. The van der Waals surface area contributed by atoms with E-state index in [2.05, 4.69) is 0 Å². The van der Waals surface area contributed by atoms with Gasteiger partial charge in [-0.25, -0.2) is 8.78 Å². The second-order valence-electron chi connectivity index (χ2n) is 5.66. The number of nitrogens with two attached hydrogens (primary N) is 1. The minimum atomic E-state index is -0.682. The molecule has 2 aromatic carbocycles. The highest BCUT2D eigenvalue weighted by Gasteiger charge is 2.24. The molecule has 0 radical (unpaired) electrons. The summed E-state index contributed by atoms with van der Waals surface area (Å²) in [7, 11) is 0. The van der Waals surface area contributed by atoms with E-state index in [0.29, 0.717) is 35.6 Å². The fraction of sp³-hybridized carbons (Fsp3) is 0.167. The van der Waals surface area contributed by atoms with Crippen LogP contribution in [0.2, 0.25) is 5.02 Å². The fourth-order valence-electron chi connectivity index (χ4n) is 2.94. The van der Waals surface area contributed by atoms with Crippen LogP contribution in [-0.2, 0) is 4.79 Å². The highest BCUT2D eigenvalue weighted by atomic mass is 35.5. The van der Waals surface area contributed by atoms with Gasteiger partial charge in [0.1, 0.15) is 11.6 Å². The van der Waals surface area contributed by atoms with Gasteiger partial charge < -0.3 is 10.6 Å². The highest BCUT2D eigenvalue weighted by molar-refractivity contribution is 6.30. The van der Waals surface area contributed by atoms with Crippen LogP contribution >= 0.6 is 11.6 Å². The van der Waals surface area contributed by atoms with Gasteiger partial charge in [0, 0.05) is 28.9 Å². The summed E-state index contributed by atoms with van der Waals surface area (Å²) in [5.41, 5.74) is 8.62. The number of anilines is 1. The summed E-state index contributed by atoms with van der Waals surface area (Å²) in [5, 5.41) is 0.547. The molecule has 124 valence electrons. The Hall–Kier alpha value is -2.40. The number of carbonyl (C=O) groups excluding carboxylic acids is 1.